The number of nitrogens with one attached hydrogen (secondary N) is 1. The number of ether oxygens (including phenoxy) is 2. The lowest BCUT2D eigenvalue weighted by Crippen LogP contribution is -2.66. The zero-order chi connectivity index (χ0) is 34.0. The molecular weight excluding hydrogens is 644 g/mol. The van der Waals surface area contributed by atoms with E-state index in [2.05, 4.69) is 24.1 Å². The number of nitrogens with zero attached hydrogens (tertiary/aromatic N) is 4. The molecule has 6 fully saturated rings. The molecule has 5 heterocycles. The molecule has 264 valence electrons. The minimum absolute atomic E-state index is 0.0262. The molecule has 2 saturated carbocycles. The summed E-state index contributed by atoms with van der Waals surface area (Å²) in [5.74, 6) is -4.05. The van der Waals surface area contributed by atoms with Crippen LogP contribution in [0.1, 0.15) is 75.4 Å². The highest BCUT2D eigenvalue weighted by Crippen LogP contribution is 2.54. The van der Waals surface area contributed by atoms with Crippen molar-refractivity contribution in [3.8, 4) is 0 Å². The summed E-state index contributed by atoms with van der Waals surface area (Å²) in [6, 6.07) is -1.16. The fraction of sp³-hybridized carbons (Fsp3) is 0.794. The van der Waals surface area contributed by atoms with Gasteiger partial charge in [-0.2, -0.15) is 0 Å². The molecule has 7 rings (SSSR count). The second-order valence-electron chi connectivity index (χ2n) is 15.9. The molecule has 2 unspecified atom stereocenters. The van der Waals surface area contributed by atoms with Crippen LogP contribution in [0.5, 0.6) is 0 Å². The minimum atomic E-state index is -2.65. The van der Waals surface area contributed by atoms with Gasteiger partial charge in [-0.05, 0) is 50.4 Å². The van der Waals surface area contributed by atoms with E-state index in [4.69, 9.17) is 9.47 Å². The van der Waals surface area contributed by atoms with Crippen molar-refractivity contribution in [3.05, 3.63) is 16.6 Å². The Morgan fingerprint density at radius 1 is 1.04 bits per heavy atom. The average molecular weight is 692 g/mol. The molecule has 6 atom stereocenters. The summed E-state index contributed by atoms with van der Waals surface area (Å²) >= 11 is 1.24. The van der Waals surface area contributed by atoms with E-state index in [1.807, 2.05) is 9.80 Å². The van der Waals surface area contributed by atoms with E-state index in [-0.39, 0.29) is 79.0 Å². The lowest BCUT2D eigenvalue weighted by Gasteiger charge is -2.50. The van der Waals surface area contributed by atoms with Crippen molar-refractivity contribution in [1.29, 1.82) is 0 Å². The van der Waals surface area contributed by atoms with Gasteiger partial charge in [-0.15, -0.1) is 11.3 Å². The number of alkyl halides is 2. The fourth-order valence-corrected chi connectivity index (χ4v) is 9.28. The smallest absolute Gasteiger partial charge is 0.265 e. The van der Waals surface area contributed by atoms with Crippen molar-refractivity contribution >= 4 is 35.0 Å². The Morgan fingerprint density at radius 2 is 1.69 bits per heavy atom. The highest BCUT2D eigenvalue weighted by atomic mass is 32.1. The Bertz CT molecular complexity index is 1390. The standard InChI is InChI=1S/C34H47F2N5O6S/c1-20(47-13-21-6-8-34(35,36)9-7-21)27(31(45)41-22-4-5-23(41)15-46-14-22)38-28(42)25-12-39(30(44)26-11-37-19-48-26)16-33(25)17-40(18-33)29(43)24-10-32(24,2)3/h11,19-25,27H,4-10,12-18H2,1-3H3,(H,38,42)/t20-,22?,23?,24-,25+,27+/m1/s1. The summed E-state index contributed by atoms with van der Waals surface area (Å²) in [6.45, 7) is 8.25. The molecule has 4 aliphatic heterocycles. The molecule has 0 aromatic carbocycles. The summed E-state index contributed by atoms with van der Waals surface area (Å²) in [5.41, 5.74) is 0.934. The van der Waals surface area contributed by atoms with Gasteiger partial charge in [0.05, 0.1) is 49.0 Å². The van der Waals surface area contributed by atoms with E-state index >= 15 is 0 Å². The Hall–Kier alpha value is -2.71. The van der Waals surface area contributed by atoms with Gasteiger partial charge >= 0.3 is 0 Å². The Morgan fingerprint density at radius 3 is 2.29 bits per heavy atom. The molecule has 14 heteroatoms. The summed E-state index contributed by atoms with van der Waals surface area (Å²) in [5, 5.41) is 3.07. The van der Waals surface area contributed by atoms with Crippen molar-refractivity contribution in [2.45, 2.75) is 95.9 Å². The van der Waals surface area contributed by atoms with E-state index in [9.17, 15) is 28.0 Å². The van der Waals surface area contributed by atoms with Crippen molar-refractivity contribution < 1.29 is 37.4 Å². The second-order valence-corrected chi connectivity index (χ2v) is 16.8. The van der Waals surface area contributed by atoms with Crippen molar-refractivity contribution in [1.82, 2.24) is 25.0 Å². The third-order valence-electron chi connectivity index (χ3n) is 12.0. The first kappa shape index (κ1) is 33.8. The molecule has 1 aromatic heterocycles. The van der Waals surface area contributed by atoms with Gasteiger partial charge in [0.25, 0.3) is 5.91 Å². The van der Waals surface area contributed by atoms with Gasteiger partial charge in [0.1, 0.15) is 10.9 Å². The van der Waals surface area contributed by atoms with Gasteiger partial charge in [0.2, 0.25) is 23.6 Å². The third-order valence-corrected chi connectivity index (χ3v) is 12.8. The number of thiazole rings is 1. The number of hydrogen-bond acceptors (Lipinski definition) is 8. The molecule has 2 aliphatic carbocycles. The number of morpholine rings is 1. The maximum absolute atomic E-state index is 14.4. The number of rotatable bonds is 9. The molecule has 1 aromatic rings. The molecule has 6 aliphatic rings. The average Bonchev–Trinajstić information content (AvgIpc) is 3.44. The van der Waals surface area contributed by atoms with Crippen LogP contribution in [0.2, 0.25) is 0 Å². The number of aromatic nitrogens is 1. The summed E-state index contributed by atoms with van der Waals surface area (Å²) in [4.78, 5) is 65.3. The van der Waals surface area contributed by atoms with E-state index in [0.717, 1.165) is 19.3 Å². The molecule has 2 bridgehead atoms. The summed E-state index contributed by atoms with van der Waals surface area (Å²) in [6.07, 6.45) is 3.64. The number of halogens is 2. The fourth-order valence-electron chi connectivity index (χ4n) is 8.69. The zero-order valence-corrected chi connectivity index (χ0v) is 28.8. The highest BCUT2D eigenvalue weighted by molar-refractivity contribution is 7.11. The quantitative estimate of drug-likeness (QED) is 0.423. The number of carbonyl (C=O) groups excluding carboxylic acids is 4. The van der Waals surface area contributed by atoms with Crippen LogP contribution in [0, 0.1) is 28.6 Å². The number of amides is 4. The second kappa shape index (κ2) is 12.6. The first-order valence-electron chi connectivity index (χ1n) is 17.4. The first-order valence-corrected chi connectivity index (χ1v) is 18.3. The minimum Gasteiger partial charge on any atom is -0.377 e. The Kier molecular flexibility index (Phi) is 8.84. The van der Waals surface area contributed by atoms with Gasteiger partial charge in [-0.25, -0.2) is 8.78 Å². The zero-order valence-electron chi connectivity index (χ0n) is 28.0. The molecular formula is C34H47F2N5O6S. The monoisotopic (exact) mass is 691 g/mol. The van der Waals surface area contributed by atoms with Crippen LogP contribution in [0.3, 0.4) is 0 Å². The van der Waals surface area contributed by atoms with Crippen molar-refractivity contribution in [2.24, 2.45) is 28.6 Å². The topological polar surface area (TPSA) is 121 Å². The van der Waals surface area contributed by atoms with Gasteiger partial charge < -0.3 is 29.5 Å². The normalized spacial score (nSPS) is 31.3. The number of likely N-dealkylation sites (tertiary alicyclic amines) is 2. The predicted molar refractivity (Wildman–Crippen MR) is 171 cm³/mol. The molecule has 0 radical (unpaired) electrons. The Labute approximate surface area is 284 Å². The van der Waals surface area contributed by atoms with Gasteiger partial charge in [-0.1, -0.05) is 13.8 Å². The summed E-state index contributed by atoms with van der Waals surface area (Å²) < 4.78 is 39.5. The molecule has 4 saturated heterocycles. The van der Waals surface area contributed by atoms with Crippen LogP contribution in [0.25, 0.3) is 0 Å². The van der Waals surface area contributed by atoms with E-state index in [0.29, 0.717) is 50.6 Å². The van der Waals surface area contributed by atoms with Gasteiger partial charge in [0, 0.05) is 57.0 Å². The van der Waals surface area contributed by atoms with Gasteiger partial charge in [-0.3, -0.25) is 24.2 Å². The number of carbonyl (C=O) groups is 4. The molecule has 11 nitrogen and oxygen atoms in total. The van der Waals surface area contributed by atoms with Crippen LogP contribution in [0.4, 0.5) is 8.78 Å². The number of hydrogen-bond donors (Lipinski definition) is 1. The van der Waals surface area contributed by atoms with Crippen LogP contribution in [-0.4, -0.2) is 119 Å². The van der Waals surface area contributed by atoms with Crippen molar-refractivity contribution in [3.63, 3.8) is 0 Å². The van der Waals surface area contributed by atoms with Gasteiger partial charge in [0.15, 0.2) is 0 Å². The largest absolute Gasteiger partial charge is 0.377 e. The van der Waals surface area contributed by atoms with Crippen molar-refractivity contribution in [2.75, 3.05) is 46.0 Å². The van der Waals surface area contributed by atoms with E-state index < -0.39 is 29.4 Å². The molecule has 48 heavy (non-hydrogen) atoms. The predicted octanol–water partition coefficient (Wildman–Crippen LogP) is 3.20. The maximum atomic E-state index is 14.4. The lowest BCUT2D eigenvalue weighted by molar-refractivity contribution is -0.154. The van der Waals surface area contributed by atoms with Crippen LogP contribution >= 0.6 is 11.3 Å². The maximum Gasteiger partial charge on any atom is 0.265 e. The SMILES string of the molecule is C[C@@H](OCC1CCC(F)(F)CC1)[C@H](NC(=O)[C@@H]1CN(C(=O)c2cncs2)CC12CN(C(=O)[C@H]1CC1(C)C)C2)C(=O)N1C2CCC1COC2. The van der Waals surface area contributed by atoms with E-state index in [1.165, 1.54) is 17.5 Å². The van der Waals surface area contributed by atoms with Crippen LogP contribution < -0.4 is 5.32 Å². The molecule has 1 spiro atoms. The highest BCUT2D eigenvalue weighted by Gasteiger charge is 2.62. The summed E-state index contributed by atoms with van der Waals surface area (Å²) in [7, 11) is 0. The Balaban J connectivity index is 1.09. The number of fused-ring (bicyclic) bond motifs is 2. The van der Waals surface area contributed by atoms with Crippen LogP contribution in [-0.2, 0) is 23.9 Å². The molecule has 1 N–H and O–H groups in total. The first-order chi connectivity index (χ1) is 22.8. The lowest BCUT2D eigenvalue weighted by atomic mass is 9.70. The van der Waals surface area contributed by atoms with E-state index in [1.54, 1.807) is 17.3 Å². The third kappa shape index (κ3) is 6.36. The van der Waals surface area contributed by atoms with Crippen LogP contribution in [0.15, 0.2) is 11.7 Å². The molecule has 4 amide bonds.